The largest absolute Gasteiger partial charge is 0.472 e. The lowest BCUT2D eigenvalue weighted by Crippen LogP contribution is -2.30. The first-order chi connectivity index (χ1) is 49.7. The minimum atomic E-state index is -4.99. The predicted octanol–water partition coefficient (Wildman–Crippen LogP) is 22.9. The number of hydrogen-bond donors (Lipinski definition) is 3. The Morgan fingerprint density at radius 1 is 0.284 bits per heavy atom. The number of carbonyl (C=O) groups excluding carboxylic acids is 4. The lowest BCUT2D eigenvalue weighted by atomic mass is 10.1. The van der Waals surface area contributed by atoms with Crippen LogP contribution in [0.1, 0.15) is 310 Å². The molecule has 0 aliphatic heterocycles. The summed E-state index contributed by atoms with van der Waals surface area (Å²) in [5.74, 6) is -2.23. The van der Waals surface area contributed by atoms with Crippen molar-refractivity contribution in [2.75, 3.05) is 39.6 Å². The molecule has 0 saturated carbocycles. The molecule has 102 heavy (non-hydrogen) atoms. The van der Waals surface area contributed by atoms with Crippen LogP contribution in [0.2, 0.25) is 0 Å². The second-order valence-electron chi connectivity index (χ2n) is 25.9. The summed E-state index contributed by atoms with van der Waals surface area (Å²) in [4.78, 5) is 72.9. The van der Waals surface area contributed by atoms with E-state index in [4.69, 9.17) is 37.0 Å². The summed E-state index contributed by atoms with van der Waals surface area (Å²) in [6, 6.07) is 0. The van der Waals surface area contributed by atoms with E-state index >= 15 is 0 Å². The zero-order chi connectivity index (χ0) is 74.6. The number of aliphatic hydroxyl groups is 1. The first-order valence-corrected chi connectivity index (χ1v) is 42.4. The molecule has 0 rings (SSSR count). The second kappa shape index (κ2) is 74.5. The van der Waals surface area contributed by atoms with Gasteiger partial charge in [0.1, 0.15) is 19.3 Å². The summed E-state index contributed by atoms with van der Waals surface area (Å²) < 4.78 is 68.5. The van der Waals surface area contributed by atoms with Crippen molar-refractivity contribution in [3.8, 4) is 0 Å². The number of esters is 4. The normalized spacial score (nSPS) is 14.6. The molecule has 3 N–H and O–H groups in total. The van der Waals surface area contributed by atoms with Crippen LogP contribution in [0.15, 0.2) is 134 Å². The Balaban J connectivity index is 5.37. The van der Waals surface area contributed by atoms with E-state index in [-0.39, 0.29) is 25.7 Å². The molecular formula is C83H140O17P2. The highest BCUT2D eigenvalue weighted by molar-refractivity contribution is 7.47. The number of rotatable bonds is 73. The van der Waals surface area contributed by atoms with Gasteiger partial charge in [0.05, 0.1) is 26.4 Å². The molecule has 0 spiro atoms. The van der Waals surface area contributed by atoms with E-state index in [2.05, 4.69) is 161 Å². The van der Waals surface area contributed by atoms with E-state index in [0.717, 1.165) is 218 Å². The maximum Gasteiger partial charge on any atom is 0.472 e. The molecule has 0 amide bonds. The molecular weight excluding hydrogens is 1330 g/mol. The van der Waals surface area contributed by atoms with E-state index in [1.807, 2.05) is 0 Å². The maximum atomic E-state index is 13.1. The average Bonchev–Trinajstić information content (AvgIpc) is 0.940. The van der Waals surface area contributed by atoms with Gasteiger partial charge in [-0.05, 0) is 148 Å². The van der Waals surface area contributed by atoms with E-state index < -0.39 is 97.5 Å². The van der Waals surface area contributed by atoms with Crippen LogP contribution in [-0.2, 0) is 65.4 Å². The fourth-order valence-corrected chi connectivity index (χ4v) is 11.7. The van der Waals surface area contributed by atoms with Crippen LogP contribution >= 0.6 is 15.6 Å². The predicted molar refractivity (Wildman–Crippen MR) is 418 cm³/mol. The Morgan fingerprint density at radius 3 is 0.833 bits per heavy atom. The van der Waals surface area contributed by atoms with Crippen LogP contribution in [0.3, 0.4) is 0 Å². The highest BCUT2D eigenvalue weighted by Gasteiger charge is 2.30. The molecule has 0 fully saturated rings. The van der Waals surface area contributed by atoms with Crippen LogP contribution in [0.25, 0.3) is 0 Å². The van der Waals surface area contributed by atoms with E-state index in [1.165, 1.54) is 12.8 Å². The van der Waals surface area contributed by atoms with E-state index in [1.54, 1.807) is 0 Å². The van der Waals surface area contributed by atoms with Crippen molar-refractivity contribution in [2.24, 2.45) is 0 Å². The molecule has 0 aromatic heterocycles. The lowest BCUT2D eigenvalue weighted by molar-refractivity contribution is -0.161. The SMILES string of the molecule is CC/C=C\C/C=C\C/C=C\C/C=C\CCCCCCCCC(=O)OCC(COP(=O)(O)OCC(O)COP(=O)(O)OCC(COC(=O)CCCCCCC/C=C\C/C=C\CCC)OC(=O)CCCCCCC/C=C\CCCC)OC(=O)CCCCCCCC/C=C\C/C=C\C/C=C\C/C=C\CC. The number of allylic oxidation sites excluding steroid dienone is 22. The number of aliphatic hydroxyl groups excluding tert-OH is 1. The third-order valence-corrected chi connectivity index (χ3v) is 18.0. The maximum absolute atomic E-state index is 13.1. The van der Waals surface area contributed by atoms with Gasteiger partial charge in [-0.25, -0.2) is 9.13 Å². The number of ether oxygens (including phenoxy) is 4. The summed E-state index contributed by atoms with van der Waals surface area (Å²) in [7, 11) is -9.97. The average molecular weight is 1470 g/mol. The van der Waals surface area contributed by atoms with Crippen molar-refractivity contribution in [2.45, 2.75) is 329 Å². The van der Waals surface area contributed by atoms with Crippen molar-refractivity contribution in [3.63, 3.8) is 0 Å². The lowest BCUT2D eigenvalue weighted by Gasteiger charge is -2.21. The molecule has 584 valence electrons. The fraction of sp³-hybridized carbons (Fsp3) is 0.687. The van der Waals surface area contributed by atoms with Crippen molar-refractivity contribution >= 4 is 39.5 Å². The molecule has 0 heterocycles. The summed E-state index contributed by atoms with van der Waals surface area (Å²) in [5, 5.41) is 10.6. The Bertz CT molecular complexity index is 2460. The van der Waals surface area contributed by atoms with Crippen molar-refractivity contribution in [3.05, 3.63) is 134 Å². The van der Waals surface area contributed by atoms with Gasteiger partial charge in [-0.15, -0.1) is 0 Å². The number of carbonyl (C=O) groups is 4. The van der Waals surface area contributed by atoms with E-state index in [0.29, 0.717) is 25.7 Å². The molecule has 5 atom stereocenters. The molecule has 19 heteroatoms. The van der Waals surface area contributed by atoms with E-state index in [9.17, 15) is 43.2 Å². The minimum absolute atomic E-state index is 0.0716. The van der Waals surface area contributed by atoms with Gasteiger partial charge in [0.15, 0.2) is 12.2 Å². The van der Waals surface area contributed by atoms with Crippen LogP contribution in [0.5, 0.6) is 0 Å². The molecule has 0 aliphatic rings. The quantitative estimate of drug-likeness (QED) is 0.0169. The van der Waals surface area contributed by atoms with Crippen LogP contribution < -0.4 is 0 Å². The number of phosphoric ester groups is 2. The van der Waals surface area contributed by atoms with Gasteiger partial charge in [-0.3, -0.25) is 37.3 Å². The molecule has 0 radical (unpaired) electrons. The molecule has 0 aromatic carbocycles. The molecule has 0 saturated heterocycles. The summed E-state index contributed by atoms with van der Waals surface area (Å²) in [6.07, 6.45) is 82.9. The number of phosphoric acid groups is 2. The van der Waals surface area contributed by atoms with Gasteiger partial charge in [0.25, 0.3) is 0 Å². The Labute approximate surface area is 618 Å². The fourth-order valence-electron chi connectivity index (χ4n) is 10.1. The third-order valence-electron chi connectivity index (χ3n) is 16.1. The summed E-state index contributed by atoms with van der Waals surface area (Å²) >= 11 is 0. The number of unbranched alkanes of at least 4 members (excludes halogenated alkanes) is 25. The summed E-state index contributed by atoms with van der Waals surface area (Å²) in [6.45, 7) is 4.49. The Morgan fingerprint density at radius 2 is 0.529 bits per heavy atom. The molecule has 0 aliphatic carbocycles. The molecule has 0 aromatic rings. The zero-order valence-electron chi connectivity index (χ0n) is 63.7. The molecule has 17 nitrogen and oxygen atoms in total. The van der Waals surface area contributed by atoms with Crippen molar-refractivity contribution < 1.29 is 80.2 Å². The topological polar surface area (TPSA) is 237 Å². The second-order valence-corrected chi connectivity index (χ2v) is 28.8. The third kappa shape index (κ3) is 73.5. The van der Waals surface area contributed by atoms with Crippen LogP contribution in [-0.4, -0.2) is 96.7 Å². The van der Waals surface area contributed by atoms with Gasteiger partial charge in [0, 0.05) is 25.7 Å². The standard InChI is InChI=1S/C83H140O17P2/c1-5-9-13-17-21-25-29-32-34-36-38-40-42-45-49-52-56-60-64-68-81(86)94-74-79(100-83(88)70-66-62-58-54-50-46-43-41-39-37-35-33-30-26-22-18-14-10-6-2)76-98-102(91,92)96-72-77(84)71-95-101(89,90)97-75-78(99-82(87)69-65-61-57-53-47-28-24-20-16-12-8-4)73-93-80(85)67-63-59-55-51-48-44-31-27-23-19-15-11-7-3/h9-10,13-15,19-22,24-27,31-35,38-41,77-79,84H,5-8,11-12,16-18,23,28-30,36-37,42-76H2,1-4H3,(H,89,90)(H,91,92)/b13-9-,14-10-,19-15-,24-20-,25-21-,26-22-,31-27-,34-32-,35-33-,40-38-,41-39-. The first-order valence-electron chi connectivity index (χ1n) is 39.4. The van der Waals surface area contributed by atoms with Gasteiger partial charge in [-0.2, -0.15) is 0 Å². The van der Waals surface area contributed by atoms with Gasteiger partial charge < -0.3 is 33.8 Å². The van der Waals surface area contributed by atoms with Gasteiger partial charge >= 0.3 is 39.5 Å². The summed E-state index contributed by atoms with van der Waals surface area (Å²) in [5.41, 5.74) is 0. The monoisotopic (exact) mass is 1470 g/mol. The Kier molecular flexibility index (Phi) is 71.0. The van der Waals surface area contributed by atoms with Gasteiger partial charge in [-0.1, -0.05) is 271 Å². The Hall–Kier alpha value is -4.80. The van der Waals surface area contributed by atoms with Crippen molar-refractivity contribution in [1.29, 1.82) is 0 Å². The molecule has 5 unspecified atom stereocenters. The first kappa shape index (κ1) is 97.2. The van der Waals surface area contributed by atoms with Crippen molar-refractivity contribution in [1.82, 2.24) is 0 Å². The van der Waals surface area contributed by atoms with Crippen LogP contribution in [0, 0.1) is 0 Å². The highest BCUT2D eigenvalue weighted by Crippen LogP contribution is 2.45. The smallest absolute Gasteiger partial charge is 0.462 e. The zero-order valence-corrected chi connectivity index (χ0v) is 65.5. The highest BCUT2D eigenvalue weighted by atomic mass is 31.2. The minimum Gasteiger partial charge on any atom is -0.462 e. The molecule has 0 bridgehead atoms. The van der Waals surface area contributed by atoms with Gasteiger partial charge in [0.2, 0.25) is 0 Å². The van der Waals surface area contributed by atoms with Crippen LogP contribution in [0.4, 0.5) is 0 Å². The number of hydrogen-bond acceptors (Lipinski definition) is 15.